The normalized spacial score (nSPS) is 11.5. The van der Waals surface area contributed by atoms with Crippen LogP contribution in [0.4, 0.5) is 0 Å². The Bertz CT molecular complexity index is 3630. The summed E-state index contributed by atoms with van der Waals surface area (Å²) in [7, 11) is 0. The van der Waals surface area contributed by atoms with Crippen molar-refractivity contribution in [1.29, 1.82) is 0 Å². The van der Waals surface area contributed by atoms with E-state index in [0.717, 1.165) is 72.1 Å². The molecule has 0 radical (unpaired) electrons. The van der Waals surface area contributed by atoms with Crippen molar-refractivity contribution in [3.63, 3.8) is 0 Å². The van der Waals surface area contributed by atoms with Gasteiger partial charge in [0.15, 0.2) is 17.5 Å². The average molecular weight is 793 g/mol. The number of benzene rings is 9. The van der Waals surface area contributed by atoms with Gasteiger partial charge in [0.05, 0.1) is 11.0 Å². The highest BCUT2D eigenvalue weighted by molar-refractivity contribution is 6.11. The first kappa shape index (κ1) is 35.5. The van der Waals surface area contributed by atoms with Gasteiger partial charge in [-0.05, 0) is 100 Å². The second kappa shape index (κ2) is 14.7. The molecular weight excluding hydrogens is 757 g/mol. The summed E-state index contributed by atoms with van der Waals surface area (Å²) in [6.07, 6.45) is 0. The molecule has 0 spiro atoms. The summed E-state index contributed by atoms with van der Waals surface area (Å²) in [4.78, 5) is 15.1. The van der Waals surface area contributed by atoms with E-state index in [1.165, 1.54) is 27.4 Å². The molecule has 3 heterocycles. The van der Waals surface area contributed by atoms with Gasteiger partial charge in [-0.15, -0.1) is 0 Å². The van der Waals surface area contributed by atoms with Crippen LogP contribution in [0.2, 0.25) is 0 Å². The number of nitrogens with zero attached hydrogens (tertiary/aromatic N) is 4. The number of para-hydroxylation sites is 2. The lowest BCUT2D eigenvalue weighted by molar-refractivity contribution is 0.669. The van der Waals surface area contributed by atoms with E-state index in [1.54, 1.807) is 0 Å². The van der Waals surface area contributed by atoms with E-state index in [0.29, 0.717) is 17.5 Å². The van der Waals surface area contributed by atoms with E-state index in [1.807, 2.05) is 36.4 Å². The summed E-state index contributed by atoms with van der Waals surface area (Å²) in [5, 5.41) is 4.58. The number of rotatable bonds is 7. The molecule has 0 atom stereocenters. The SMILES string of the molecule is c1ccc(-c2cccc(-c3nc(-c4ccccc4)nc(-c4ccc5c(c4)oc4cc(-c6cccc(-c7ccc8c(c7)c7ccccc7n8-c7ccccc7)c6)ccc45)n3)c2)cc1. The standard InChI is InChI=1S/C57H36N4O/c1-4-14-37(15-5-1)39-18-13-21-44(33-39)56-58-55(38-16-6-2-7-17-38)59-57(60-56)45-27-30-49-48-29-26-43(35-53(48)62-54(49)36-45)41-20-12-19-40(32-41)42-28-31-52-50(34-42)47-24-10-11-25-51(47)61(52)46-22-8-3-9-23-46/h1-36H. The molecule has 5 heteroatoms. The summed E-state index contributed by atoms with van der Waals surface area (Å²) in [6, 6.07) is 76.4. The van der Waals surface area contributed by atoms with E-state index in [2.05, 4.69) is 187 Å². The molecule has 0 aliphatic carbocycles. The third kappa shape index (κ3) is 6.23. The van der Waals surface area contributed by atoms with Crippen molar-refractivity contribution in [3.05, 3.63) is 218 Å². The minimum Gasteiger partial charge on any atom is -0.456 e. The molecule has 0 saturated heterocycles. The van der Waals surface area contributed by atoms with Crippen LogP contribution in [-0.2, 0) is 0 Å². The first-order chi connectivity index (χ1) is 30.7. The van der Waals surface area contributed by atoms with Gasteiger partial charge in [0.25, 0.3) is 0 Å². The van der Waals surface area contributed by atoms with Crippen molar-refractivity contribution in [2.45, 2.75) is 0 Å². The molecular formula is C57H36N4O. The van der Waals surface area contributed by atoms with Gasteiger partial charge in [-0.25, -0.2) is 15.0 Å². The lowest BCUT2D eigenvalue weighted by Gasteiger charge is -2.09. The highest BCUT2D eigenvalue weighted by Gasteiger charge is 2.17. The Morgan fingerprint density at radius 2 is 0.710 bits per heavy atom. The van der Waals surface area contributed by atoms with Crippen LogP contribution in [0.25, 0.3) is 117 Å². The summed E-state index contributed by atoms with van der Waals surface area (Å²) < 4.78 is 8.99. The molecule has 290 valence electrons. The van der Waals surface area contributed by atoms with Crippen LogP contribution >= 0.6 is 0 Å². The fourth-order valence-electron chi connectivity index (χ4n) is 8.80. The molecule has 0 fully saturated rings. The quantitative estimate of drug-likeness (QED) is 0.161. The van der Waals surface area contributed by atoms with Crippen molar-refractivity contribution in [1.82, 2.24) is 19.5 Å². The molecule has 0 unspecified atom stereocenters. The maximum Gasteiger partial charge on any atom is 0.164 e. The Morgan fingerprint density at radius 1 is 0.274 bits per heavy atom. The predicted molar refractivity (Wildman–Crippen MR) is 254 cm³/mol. The summed E-state index contributed by atoms with van der Waals surface area (Å²) >= 11 is 0. The first-order valence-corrected chi connectivity index (χ1v) is 20.8. The fourth-order valence-corrected chi connectivity index (χ4v) is 8.80. The predicted octanol–water partition coefficient (Wildman–Crippen LogP) is 14.9. The largest absolute Gasteiger partial charge is 0.456 e. The van der Waals surface area contributed by atoms with Crippen LogP contribution in [0.3, 0.4) is 0 Å². The van der Waals surface area contributed by atoms with Crippen molar-refractivity contribution in [2.75, 3.05) is 0 Å². The Balaban J connectivity index is 0.906. The second-order valence-corrected chi connectivity index (χ2v) is 15.6. The minimum atomic E-state index is 0.585. The van der Waals surface area contributed by atoms with Gasteiger partial charge in [-0.3, -0.25) is 0 Å². The van der Waals surface area contributed by atoms with Crippen LogP contribution in [-0.4, -0.2) is 19.5 Å². The maximum absolute atomic E-state index is 6.64. The van der Waals surface area contributed by atoms with Crippen LogP contribution in [0.5, 0.6) is 0 Å². The average Bonchev–Trinajstić information content (AvgIpc) is 3.89. The van der Waals surface area contributed by atoms with E-state index in [9.17, 15) is 0 Å². The fraction of sp³-hybridized carbons (Fsp3) is 0. The Hall–Kier alpha value is -8.41. The maximum atomic E-state index is 6.64. The van der Waals surface area contributed by atoms with E-state index >= 15 is 0 Å². The Morgan fingerprint density at radius 3 is 1.40 bits per heavy atom. The molecule has 9 aromatic carbocycles. The van der Waals surface area contributed by atoms with Gasteiger partial charge >= 0.3 is 0 Å². The third-order valence-electron chi connectivity index (χ3n) is 11.8. The number of furan rings is 1. The van der Waals surface area contributed by atoms with Gasteiger partial charge in [0.1, 0.15) is 11.2 Å². The molecule has 0 aliphatic rings. The molecule has 12 aromatic rings. The lowest BCUT2D eigenvalue weighted by Crippen LogP contribution is -2.00. The van der Waals surface area contributed by atoms with Gasteiger partial charge < -0.3 is 8.98 Å². The van der Waals surface area contributed by atoms with Crippen molar-refractivity contribution < 1.29 is 4.42 Å². The molecule has 12 rings (SSSR count). The van der Waals surface area contributed by atoms with Crippen molar-refractivity contribution >= 4 is 43.7 Å². The number of hydrogen-bond donors (Lipinski definition) is 0. The Labute approximate surface area is 357 Å². The highest BCUT2D eigenvalue weighted by Crippen LogP contribution is 2.38. The minimum absolute atomic E-state index is 0.585. The van der Waals surface area contributed by atoms with Gasteiger partial charge in [0.2, 0.25) is 0 Å². The van der Waals surface area contributed by atoms with E-state index < -0.39 is 0 Å². The summed E-state index contributed by atoms with van der Waals surface area (Å²) in [5.41, 5.74) is 14.6. The number of fused-ring (bicyclic) bond motifs is 6. The molecule has 0 N–H and O–H groups in total. The van der Waals surface area contributed by atoms with Gasteiger partial charge in [-0.2, -0.15) is 0 Å². The zero-order valence-electron chi connectivity index (χ0n) is 33.5. The topological polar surface area (TPSA) is 56.7 Å². The number of hydrogen-bond acceptors (Lipinski definition) is 4. The second-order valence-electron chi connectivity index (χ2n) is 15.6. The Kier molecular flexibility index (Phi) is 8.42. The molecule has 0 aliphatic heterocycles. The molecule has 62 heavy (non-hydrogen) atoms. The highest BCUT2D eigenvalue weighted by atomic mass is 16.3. The monoisotopic (exact) mass is 792 g/mol. The van der Waals surface area contributed by atoms with Gasteiger partial charge in [0, 0.05) is 43.9 Å². The summed E-state index contributed by atoms with van der Waals surface area (Å²) in [6.45, 7) is 0. The molecule has 3 aromatic heterocycles. The van der Waals surface area contributed by atoms with Crippen LogP contribution in [0, 0.1) is 0 Å². The van der Waals surface area contributed by atoms with Crippen LogP contribution in [0.15, 0.2) is 223 Å². The van der Waals surface area contributed by atoms with Gasteiger partial charge in [-0.1, -0.05) is 152 Å². The van der Waals surface area contributed by atoms with Crippen molar-refractivity contribution in [2.24, 2.45) is 0 Å². The van der Waals surface area contributed by atoms with Crippen LogP contribution < -0.4 is 0 Å². The zero-order valence-corrected chi connectivity index (χ0v) is 33.5. The molecule has 0 saturated carbocycles. The third-order valence-corrected chi connectivity index (χ3v) is 11.8. The smallest absolute Gasteiger partial charge is 0.164 e. The zero-order chi connectivity index (χ0) is 41.0. The molecule has 5 nitrogen and oxygen atoms in total. The van der Waals surface area contributed by atoms with Crippen molar-refractivity contribution in [3.8, 4) is 73.2 Å². The number of aromatic nitrogens is 4. The molecule has 0 amide bonds. The van der Waals surface area contributed by atoms with E-state index in [4.69, 9.17) is 19.4 Å². The van der Waals surface area contributed by atoms with Crippen LogP contribution in [0.1, 0.15) is 0 Å². The lowest BCUT2D eigenvalue weighted by atomic mass is 9.97. The van der Waals surface area contributed by atoms with E-state index in [-0.39, 0.29) is 0 Å². The summed E-state index contributed by atoms with van der Waals surface area (Å²) in [5.74, 6) is 1.81. The molecule has 0 bridgehead atoms. The first-order valence-electron chi connectivity index (χ1n) is 20.8.